The van der Waals surface area contributed by atoms with Crippen molar-refractivity contribution in [2.45, 2.75) is 13.8 Å². The Morgan fingerprint density at radius 3 is 2.65 bits per heavy atom. The summed E-state index contributed by atoms with van der Waals surface area (Å²) in [6.45, 7) is 4.88. The molecule has 132 valence electrons. The van der Waals surface area contributed by atoms with Crippen molar-refractivity contribution in [2.75, 3.05) is 13.2 Å². The van der Waals surface area contributed by atoms with Gasteiger partial charge in [0.2, 0.25) is 0 Å². The Kier molecular flexibility index (Phi) is 4.30. The maximum Gasteiger partial charge on any atom is 0.274 e. The minimum atomic E-state index is -0.0945. The Morgan fingerprint density at radius 1 is 1.19 bits per heavy atom. The first-order chi connectivity index (χ1) is 12.7. The number of thiazole rings is 1. The zero-order chi connectivity index (χ0) is 18.1. The number of fused-ring (bicyclic) bond motifs is 3. The summed E-state index contributed by atoms with van der Waals surface area (Å²) in [5.74, 6) is 1.26. The summed E-state index contributed by atoms with van der Waals surface area (Å²) in [5.41, 5.74) is 2.22. The number of hydrogen-bond donors (Lipinski definition) is 0. The second-order valence-corrected chi connectivity index (χ2v) is 6.59. The van der Waals surface area contributed by atoms with E-state index in [4.69, 9.17) is 9.47 Å². The molecule has 0 aliphatic carbocycles. The normalized spacial score (nSPS) is 12.2. The SMILES string of the molecule is CCOc1cc2nc3s/c(=C\c4cccnc4)c(=O)n3c2cc1OCC. The summed E-state index contributed by atoms with van der Waals surface area (Å²) >= 11 is 1.36. The van der Waals surface area contributed by atoms with E-state index in [1.807, 2.05) is 44.2 Å². The number of nitrogens with zero attached hydrogens (tertiary/aromatic N) is 3. The largest absolute Gasteiger partial charge is 0.490 e. The predicted molar refractivity (Wildman–Crippen MR) is 102 cm³/mol. The van der Waals surface area contributed by atoms with Crippen molar-refractivity contribution in [2.24, 2.45) is 0 Å². The van der Waals surface area contributed by atoms with Crippen LogP contribution in [0.4, 0.5) is 0 Å². The van der Waals surface area contributed by atoms with Gasteiger partial charge >= 0.3 is 0 Å². The molecule has 4 rings (SSSR count). The quantitative estimate of drug-likeness (QED) is 0.543. The van der Waals surface area contributed by atoms with Gasteiger partial charge in [-0.3, -0.25) is 9.78 Å². The van der Waals surface area contributed by atoms with Crippen LogP contribution in [0.2, 0.25) is 0 Å². The highest BCUT2D eigenvalue weighted by Gasteiger charge is 2.15. The van der Waals surface area contributed by atoms with E-state index >= 15 is 0 Å². The molecule has 0 bridgehead atoms. The van der Waals surface area contributed by atoms with Crippen LogP contribution < -0.4 is 19.6 Å². The molecule has 7 heteroatoms. The molecule has 0 saturated carbocycles. The third-order valence-corrected chi connectivity index (χ3v) is 4.85. The molecule has 26 heavy (non-hydrogen) atoms. The van der Waals surface area contributed by atoms with Crippen molar-refractivity contribution >= 4 is 33.4 Å². The van der Waals surface area contributed by atoms with Gasteiger partial charge in [0.15, 0.2) is 16.5 Å². The number of pyridine rings is 1. The number of benzene rings is 1. The molecule has 0 fully saturated rings. The fourth-order valence-electron chi connectivity index (χ4n) is 2.82. The minimum Gasteiger partial charge on any atom is -0.490 e. The topological polar surface area (TPSA) is 65.7 Å². The van der Waals surface area contributed by atoms with Crippen LogP contribution in [0.1, 0.15) is 19.4 Å². The summed E-state index contributed by atoms with van der Waals surface area (Å²) in [5, 5.41) is 0. The van der Waals surface area contributed by atoms with Crippen molar-refractivity contribution in [3.8, 4) is 11.5 Å². The second-order valence-electron chi connectivity index (χ2n) is 5.59. The summed E-state index contributed by atoms with van der Waals surface area (Å²) in [6, 6.07) is 7.40. The minimum absolute atomic E-state index is 0.0945. The molecular weight excluding hydrogens is 350 g/mol. The molecule has 0 spiro atoms. The lowest BCUT2D eigenvalue weighted by molar-refractivity contribution is 0.288. The molecule has 0 aliphatic rings. The fourth-order valence-corrected chi connectivity index (χ4v) is 3.81. The first-order valence-electron chi connectivity index (χ1n) is 8.37. The van der Waals surface area contributed by atoms with Gasteiger partial charge in [0.05, 0.1) is 28.8 Å². The zero-order valence-electron chi connectivity index (χ0n) is 14.4. The highest BCUT2D eigenvalue weighted by Crippen LogP contribution is 2.32. The third kappa shape index (κ3) is 2.80. The maximum absolute atomic E-state index is 12.9. The highest BCUT2D eigenvalue weighted by molar-refractivity contribution is 7.15. The Labute approximate surface area is 153 Å². The molecule has 0 saturated heterocycles. The van der Waals surface area contributed by atoms with Gasteiger partial charge < -0.3 is 9.47 Å². The Morgan fingerprint density at radius 2 is 1.96 bits per heavy atom. The average Bonchev–Trinajstić information content (AvgIpc) is 3.13. The molecule has 3 heterocycles. The molecule has 0 amide bonds. The molecule has 0 N–H and O–H groups in total. The van der Waals surface area contributed by atoms with E-state index in [1.165, 1.54) is 11.3 Å². The molecule has 0 aliphatic heterocycles. The van der Waals surface area contributed by atoms with Crippen molar-refractivity contribution in [1.29, 1.82) is 0 Å². The smallest absolute Gasteiger partial charge is 0.274 e. The zero-order valence-corrected chi connectivity index (χ0v) is 15.2. The lowest BCUT2D eigenvalue weighted by Crippen LogP contribution is -2.22. The number of aromatic nitrogens is 3. The molecule has 3 aromatic heterocycles. The molecule has 4 aromatic rings. The van der Waals surface area contributed by atoms with E-state index in [0.29, 0.717) is 39.7 Å². The summed E-state index contributed by atoms with van der Waals surface area (Å²) in [7, 11) is 0. The Bertz CT molecular complexity index is 1180. The fraction of sp³-hybridized carbons (Fsp3) is 0.211. The Balaban J connectivity index is 1.94. The maximum atomic E-state index is 12.9. The van der Waals surface area contributed by atoms with Crippen LogP contribution in [0, 0.1) is 0 Å². The first kappa shape index (κ1) is 16.5. The van der Waals surface area contributed by atoms with Crippen molar-refractivity contribution in [1.82, 2.24) is 14.4 Å². The average molecular weight is 367 g/mol. The van der Waals surface area contributed by atoms with E-state index < -0.39 is 0 Å². The van der Waals surface area contributed by atoms with E-state index in [0.717, 1.165) is 11.1 Å². The standard InChI is InChI=1S/C19H17N3O3S/c1-3-24-15-9-13-14(10-16(15)25-4-2)22-18(23)17(26-19(22)21-13)8-12-6-5-7-20-11-12/h5-11H,3-4H2,1-2H3/b17-8-. The van der Waals surface area contributed by atoms with E-state index in [9.17, 15) is 4.79 Å². The first-order valence-corrected chi connectivity index (χ1v) is 9.19. The third-order valence-electron chi connectivity index (χ3n) is 3.89. The van der Waals surface area contributed by atoms with Gasteiger partial charge in [0.1, 0.15) is 0 Å². The lowest BCUT2D eigenvalue weighted by atomic mass is 10.2. The summed E-state index contributed by atoms with van der Waals surface area (Å²) in [6.07, 6.45) is 5.26. The molecule has 1 aromatic carbocycles. The summed E-state index contributed by atoms with van der Waals surface area (Å²) in [4.78, 5) is 22.2. The summed E-state index contributed by atoms with van der Waals surface area (Å²) < 4.78 is 13.6. The van der Waals surface area contributed by atoms with Crippen molar-refractivity contribution in [3.05, 3.63) is 57.1 Å². The van der Waals surface area contributed by atoms with E-state index in [2.05, 4.69) is 9.97 Å². The van der Waals surface area contributed by atoms with Crippen LogP contribution in [-0.4, -0.2) is 27.6 Å². The van der Waals surface area contributed by atoms with Crippen LogP contribution in [0.3, 0.4) is 0 Å². The van der Waals surface area contributed by atoms with Gasteiger partial charge in [-0.05, 0) is 31.6 Å². The highest BCUT2D eigenvalue weighted by atomic mass is 32.1. The number of imidazole rings is 1. The van der Waals surface area contributed by atoms with Crippen LogP contribution in [0.15, 0.2) is 41.5 Å². The second kappa shape index (κ2) is 6.76. The van der Waals surface area contributed by atoms with E-state index in [1.54, 1.807) is 16.8 Å². The van der Waals surface area contributed by atoms with E-state index in [-0.39, 0.29) is 5.56 Å². The van der Waals surface area contributed by atoms with Crippen LogP contribution >= 0.6 is 11.3 Å². The van der Waals surface area contributed by atoms with Crippen LogP contribution in [0.5, 0.6) is 11.5 Å². The molecular formula is C19H17N3O3S. The number of hydrogen-bond acceptors (Lipinski definition) is 6. The number of ether oxygens (including phenoxy) is 2. The van der Waals surface area contributed by atoms with Gasteiger partial charge in [-0.1, -0.05) is 17.4 Å². The van der Waals surface area contributed by atoms with Gasteiger partial charge in [0.25, 0.3) is 5.56 Å². The van der Waals surface area contributed by atoms with Crippen molar-refractivity contribution in [3.63, 3.8) is 0 Å². The van der Waals surface area contributed by atoms with Crippen molar-refractivity contribution < 1.29 is 9.47 Å². The monoisotopic (exact) mass is 367 g/mol. The predicted octanol–water partition coefficient (Wildman–Crippen LogP) is 2.65. The van der Waals surface area contributed by atoms with Gasteiger partial charge in [-0.2, -0.15) is 0 Å². The lowest BCUT2D eigenvalue weighted by Gasteiger charge is -2.10. The van der Waals surface area contributed by atoms with Gasteiger partial charge in [0, 0.05) is 24.5 Å². The molecule has 6 nitrogen and oxygen atoms in total. The number of rotatable bonds is 5. The van der Waals surface area contributed by atoms with Crippen LogP contribution in [-0.2, 0) is 0 Å². The van der Waals surface area contributed by atoms with Crippen LogP contribution in [0.25, 0.3) is 22.1 Å². The molecule has 0 unspecified atom stereocenters. The molecule has 0 atom stereocenters. The Hall–Kier alpha value is -2.93. The molecule has 0 radical (unpaired) electrons. The van der Waals surface area contributed by atoms with Gasteiger partial charge in [-0.15, -0.1) is 0 Å². The van der Waals surface area contributed by atoms with Gasteiger partial charge in [-0.25, -0.2) is 9.38 Å².